The molecule has 0 amide bonds. The van der Waals surface area contributed by atoms with Crippen molar-refractivity contribution in [2.45, 2.75) is 6.42 Å². The third-order valence-electron chi connectivity index (χ3n) is 2.25. The molecule has 5 nitrogen and oxygen atoms in total. The van der Waals surface area contributed by atoms with E-state index in [1.54, 1.807) is 0 Å². The van der Waals surface area contributed by atoms with E-state index in [1.165, 1.54) is 0 Å². The van der Waals surface area contributed by atoms with Crippen LogP contribution < -0.4 is 5.32 Å². The van der Waals surface area contributed by atoms with Crippen LogP contribution in [0.15, 0.2) is 38.7 Å². The summed E-state index contributed by atoms with van der Waals surface area (Å²) < 4.78 is 5.49. The van der Waals surface area contributed by atoms with Crippen LogP contribution in [0.2, 0.25) is 0 Å². The van der Waals surface area contributed by atoms with Crippen molar-refractivity contribution in [3.63, 3.8) is 0 Å². The number of anilines is 1. The van der Waals surface area contributed by atoms with Crippen molar-refractivity contribution in [2.75, 3.05) is 11.9 Å². The first kappa shape index (κ1) is 9.08. The zero-order valence-electron chi connectivity index (χ0n) is 8.55. The zero-order valence-corrected chi connectivity index (χ0v) is 8.55. The van der Waals surface area contributed by atoms with Gasteiger partial charge >= 0.3 is 6.01 Å². The summed E-state index contributed by atoms with van der Waals surface area (Å²) >= 11 is 0. The third kappa shape index (κ3) is 1.67. The highest BCUT2D eigenvalue weighted by molar-refractivity contribution is 5.98. The highest BCUT2D eigenvalue weighted by Crippen LogP contribution is 2.18. The number of benzene rings is 1. The average molecular weight is 214 g/mol. The maximum atomic E-state index is 5.49. The van der Waals surface area contributed by atoms with Gasteiger partial charge in [-0.3, -0.25) is 10.3 Å². The number of nitrogens with zero attached hydrogens (tertiary/aromatic N) is 3. The summed E-state index contributed by atoms with van der Waals surface area (Å²) in [5.41, 5.74) is 1.58. The molecule has 0 radical (unpaired) electrons. The zero-order chi connectivity index (χ0) is 10.8. The number of hydrogen-bond acceptors (Lipinski definition) is 5. The lowest BCUT2D eigenvalue weighted by molar-refractivity contribution is 0.624. The molecule has 1 aromatic carbocycles. The molecule has 1 aliphatic heterocycles. The predicted octanol–water partition coefficient (Wildman–Crippen LogP) is 2.07. The summed E-state index contributed by atoms with van der Waals surface area (Å²) in [5, 5.41) is 2.94. The van der Waals surface area contributed by atoms with Crippen LogP contribution in [0.3, 0.4) is 0 Å². The second-order valence-corrected chi connectivity index (χ2v) is 3.42. The number of nitrogens with one attached hydrogen (secondary N) is 1. The van der Waals surface area contributed by atoms with Gasteiger partial charge in [-0.05, 0) is 12.1 Å². The van der Waals surface area contributed by atoms with E-state index in [-0.39, 0.29) is 0 Å². The van der Waals surface area contributed by atoms with Gasteiger partial charge < -0.3 is 4.42 Å². The number of aliphatic imine (C=N–C) groups is 2. The average Bonchev–Trinajstić information content (AvgIpc) is 2.72. The third-order valence-corrected chi connectivity index (χ3v) is 2.25. The summed E-state index contributed by atoms with van der Waals surface area (Å²) in [6.45, 7) is 0.756. The van der Waals surface area contributed by atoms with Gasteiger partial charge in [-0.15, -0.1) is 0 Å². The minimum Gasteiger partial charge on any atom is -0.423 e. The lowest BCUT2D eigenvalue weighted by Gasteiger charge is -2.03. The number of rotatable bonds is 1. The van der Waals surface area contributed by atoms with Crippen molar-refractivity contribution in [1.29, 1.82) is 0 Å². The number of para-hydroxylation sites is 2. The Kier molecular flexibility index (Phi) is 2.14. The molecule has 1 aromatic heterocycles. The molecule has 0 saturated carbocycles. The van der Waals surface area contributed by atoms with Gasteiger partial charge in [0, 0.05) is 19.2 Å². The number of oxazole rings is 1. The van der Waals surface area contributed by atoms with Crippen molar-refractivity contribution in [3.05, 3.63) is 24.3 Å². The molecular weight excluding hydrogens is 204 g/mol. The Labute approximate surface area is 91.9 Å². The van der Waals surface area contributed by atoms with Crippen LogP contribution in [0.4, 0.5) is 6.01 Å². The van der Waals surface area contributed by atoms with Gasteiger partial charge in [0.1, 0.15) is 5.52 Å². The minimum atomic E-state index is 0.430. The van der Waals surface area contributed by atoms with E-state index in [2.05, 4.69) is 20.3 Å². The summed E-state index contributed by atoms with van der Waals surface area (Å²) in [6.07, 6.45) is 2.72. The Morgan fingerprint density at radius 2 is 2.19 bits per heavy atom. The van der Waals surface area contributed by atoms with Crippen LogP contribution in [0.1, 0.15) is 6.42 Å². The van der Waals surface area contributed by atoms with E-state index in [4.69, 9.17) is 4.42 Å². The molecule has 0 saturated heterocycles. The topological polar surface area (TPSA) is 62.8 Å². The van der Waals surface area contributed by atoms with Gasteiger partial charge in [-0.25, -0.2) is 4.99 Å². The highest BCUT2D eigenvalue weighted by Gasteiger charge is 2.07. The molecule has 5 heteroatoms. The van der Waals surface area contributed by atoms with Crippen molar-refractivity contribution >= 4 is 29.3 Å². The molecule has 3 rings (SSSR count). The van der Waals surface area contributed by atoms with Crippen LogP contribution in [0.25, 0.3) is 11.1 Å². The number of aromatic nitrogens is 1. The standard InChI is InChI=1S/C11H10N4O/c1-2-5-9-8(4-1)14-11(16-9)15-10-12-6-3-7-13-10/h1-2,4-6H,3,7H2,(H,13,14,15). The van der Waals surface area contributed by atoms with Crippen molar-refractivity contribution in [3.8, 4) is 0 Å². The summed E-state index contributed by atoms with van der Waals surface area (Å²) in [5.74, 6) is 0.554. The summed E-state index contributed by atoms with van der Waals surface area (Å²) in [6, 6.07) is 8.03. The molecule has 1 N–H and O–H groups in total. The van der Waals surface area contributed by atoms with Crippen LogP contribution >= 0.6 is 0 Å². The first-order valence-corrected chi connectivity index (χ1v) is 5.11. The van der Waals surface area contributed by atoms with Crippen molar-refractivity contribution in [1.82, 2.24) is 4.98 Å². The van der Waals surface area contributed by atoms with Crippen LogP contribution in [0.5, 0.6) is 0 Å². The Bertz CT molecular complexity index is 537. The fourth-order valence-corrected chi connectivity index (χ4v) is 1.51. The number of guanidine groups is 1. The highest BCUT2D eigenvalue weighted by atomic mass is 16.4. The molecule has 0 unspecified atom stereocenters. The number of hydrogen-bond donors (Lipinski definition) is 1. The molecule has 0 aliphatic carbocycles. The lowest BCUT2D eigenvalue weighted by atomic mass is 10.3. The first-order valence-electron chi connectivity index (χ1n) is 5.11. The molecule has 0 bridgehead atoms. The molecule has 0 spiro atoms. The molecule has 1 aliphatic rings. The van der Waals surface area contributed by atoms with Crippen LogP contribution in [-0.2, 0) is 0 Å². The van der Waals surface area contributed by atoms with E-state index in [0.717, 1.165) is 24.1 Å². The largest absolute Gasteiger partial charge is 0.423 e. The molecule has 0 fully saturated rings. The molecule has 16 heavy (non-hydrogen) atoms. The SMILES string of the molecule is C1=NC(Nc2nc3ccccc3o2)=NCC1. The van der Waals surface area contributed by atoms with Crippen LogP contribution in [-0.4, -0.2) is 23.7 Å². The Balaban J connectivity index is 1.89. The van der Waals surface area contributed by atoms with Crippen molar-refractivity contribution in [2.24, 2.45) is 9.98 Å². The Morgan fingerprint density at radius 3 is 3.00 bits per heavy atom. The molecule has 0 atom stereocenters. The van der Waals surface area contributed by atoms with E-state index in [1.807, 2.05) is 30.5 Å². The Morgan fingerprint density at radius 1 is 1.25 bits per heavy atom. The monoisotopic (exact) mass is 214 g/mol. The predicted molar refractivity (Wildman–Crippen MR) is 63.0 cm³/mol. The maximum Gasteiger partial charge on any atom is 0.302 e. The van der Waals surface area contributed by atoms with E-state index in [0.29, 0.717) is 12.0 Å². The van der Waals surface area contributed by atoms with Gasteiger partial charge in [0.25, 0.3) is 0 Å². The van der Waals surface area contributed by atoms with E-state index >= 15 is 0 Å². The van der Waals surface area contributed by atoms with Gasteiger partial charge in [0.05, 0.1) is 0 Å². The Hall–Kier alpha value is -2.17. The maximum absolute atomic E-state index is 5.49. The normalized spacial score (nSPS) is 15.1. The summed E-state index contributed by atoms with van der Waals surface area (Å²) in [7, 11) is 0. The quantitative estimate of drug-likeness (QED) is 0.790. The van der Waals surface area contributed by atoms with Crippen molar-refractivity contribution < 1.29 is 4.42 Å². The summed E-state index contributed by atoms with van der Waals surface area (Å²) in [4.78, 5) is 12.6. The van der Waals surface area contributed by atoms with Gasteiger partial charge in [-0.2, -0.15) is 4.98 Å². The lowest BCUT2D eigenvalue weighted by Crippen LogP contribution is -2.13. The van der Waals surface area contributed by atoms with E-state index in [9.17, 15) is 0 Å². The van der Waals surface area contributed by atoms with Crippen LogP contribution in [0, 0.1) is 0 Å². The number of fused-ring (bicyclic) bond motifs is 1. The van der Waals surface area contributed by atoms with E-state index < -0.39 is 0 Å². The van der Waals surface area contributed by atoms with Gasteiger partial charge in [-0.1, -0.05) is 12.1 Å². The fourth-order valence-electron chi connectivity index (χ4n) is 1.51. The minimum absolute atomic E-state index is 0.430. The van der Waals surface area contributed by atoms with Gasteiger partial charge in [0.15, 0.2) is 5.58 Å². The molecule has 2 heterocycles. The second-order valence-electron chi connectivity index (χ2n) is 3.42. The first-order chi connectivity index (χ1) is 7.92. The second kappa shape index (κ2) is 3.77. The molecule has 2 aromatic rings. The molecular formula is C11H10N4O. The van der Waals surface area contributed by atoms with Gasteiger partial charge in [0.2, 0.25) is 5.96 Å². The smallest absolute Gasteiger partial charge is 0.302 e. The molecule has 80 valence electrons. The fraction of sp³-hybridized carbons (Fsp3) is 0.182.